The Kier molecular flexibility index (Phi) is 4.35. The van der Waals surface area contributed by atoms with Crippen LogP contribution < -0.4 is 11.1 Å². The first-order chi connectivity index (χ1) is 6.22. The van der Waals surface area contributed by atoms with Gasteiger partial charge in [-0.25, -0.2) is 0 Å². The summed E-state index contributed by atoms with van der Waals surface area (Å²) < 4.78 is 1.01. The summed E-state index contributed by atoms with van der Waals surface area (Å²) in [5, 5.41) is 3.29. The second kappa shape index (κ2) is 5.32. The van der Waals surface area contributed by atoms with Gasteiger partial charge in [0.15, 0.2) is 0 Å². The van der Waals surface area contributed by atoms with Gasteiger partial charge < -0.3 is 11.1 Å². The van der Waals surface area contributed by atoms with Crippen molar-refractivity contribution >= 4 is 15.9 Å². The lowest BCUT2D eigenvalue weighted by atomic mass is 10.2. The van der Waals surface area contributed by atoms with E-state index in [1.165, 1.54) is 0 Å². The summed E-state index contributed by atoms with van der Waals surface area (Å²) in [5.74, 6) is 0. The second-order valence-electron chi connectivity index (χ2n) is 3.03. The molecule has 0 unspecified atom stereocenters. The van der Waals surface area contributed by atoms with E-state index in [0.717, 1.165) is 16.6 Å². The molecule has 1 atom stereocenters. The van der Waals surface area contributed by atoms with Crippen molar-refractivity contribution < 1.29 is 0 Å². The summed E-state index contributed by atoms with van der Waals surface area (Å²) in [6, 6.07) is 2.39. The number of hydrogen-bond acceptors (Lipinski definition) is 3. The van der Waals surface area contributed by atoms with Gasteiger partial charge in [-0.2, -0.15) is 0 Å². The average Bonchev–Trinajstić information content (AvgIpc) is 2.14. The lowest BCUT2D eigenvalue weighted by molar-refractivity contribution is 0.555. The fraction of sp³-hybridized carbons (Fsp3) is 0.444. The van der Waals surface area contributed by atoms with Gasteiger partial charge in [-0.05, 0) is 34.5 Å². The first-order valence-corrected chi connectivity index (χ1v) is 5.04. The lowest BCUT2D eigenvalue weighted by Gasteiger charge is -2.10. The van der Waals surface area contributed by atoms with Crippen LogP contribution in [0.15, 0.2) is 22.9 Å². The van der Waals surface area contributed by atoms with Crippen molar-refractivity contribution in [1.82, 2.24) is 10.3 Å². The average molecular weight is 244 g/mol. The Bertz CT molecular complexity index is 265. The van der Waals surface area contributed by atoms with Crippen LogP contribution in [-0.4, -0.2) is 17.6 Å². The minimum absolute atomic E-state index is 0.346. The van der Waals surface area contributed by atoms with Gasteiger partial charge in [-0.1, -0.05) is 0 Å². The van der Waals surface area contributed by atoms with Gasteiger partial charge in [0.05, 0.1) is 0 Å². The molecule has 1 aromatic rings. The fourth-order valence-corrected chi connectivity index (χ4v) is 1.34. The van der Waals surface area contributed by atoms with E-state index in [0.29, 0.717) is 12.6 Å². The quantitative estimate of drug-likeness (QED) is 0.838. The van der Waals surface area contributed by atoms with Crippen molar-refractivity contribution in [2.45, 2.75) is 19.5 Å². The smallest absolute Gasteiger partial charge is 0.0410 e. The highest BCUT2D eigenvalue weighted by molar-refractivity contribution is 9.10. The third-order valence-corrected chi connectivity index (χ3v) is 2.20. The largest absolute Gasteiger partial charge is 0.329 e. The first kappa shape index (κ1) is 10.6. The van der Waals surface area contributed by atoms with E-state index in [4.69, 9.17) is 5.73 Å². The molecule has 13 heavy (non-hydrogen) atoms. The van der Waals surface area contributed by atoms with Gasteiger partial charge in [0.1, 0.15) is 0 Å². The Morgan fingerprint density at radius 2 is 2.38 bits per heavy atom. The molecule has 1 aromatic heterocycles. The van der Waals surface area contributed by atoms with Gasteiger partial charge in [-0.15, -0.1) is 0 Å². The Morgan fingerprint density at radius 1 is 1.62 bits per heavy atom. The van der Waals surface area contributed by atoms with Crippen LogP contribution in [-0.2, 0) is 6.54 Å². The molecule has 0 fully saturated rings. The third kappa shape index (κ3) is 3.85. The summed E-state index contributed by atoms with van der Waals surface area (Å²) in [5.41, 5.74) is 6.64. The summed E-state index contributed by atoms with van der Waals surface area (Å²) in [6.45, 7) is 3.53. The van der Waals surface area contributed by atoms with Crippen LogP contribution in [0.2, 0.25) is 0 Å². The highest BCUT2D eigenvalue weighted by Crippen LogP contribution is 2.09. The van der Waals surface area contributed by atoms with Gasteiger partial charge in [-0.3, -0.25) is 4.98 Å². The van der Waals surface area contributed by atoms with Crippen molar-refractivity contribution in [2.75, 3.05) is 6.54 Å². The van der Waals surface area contributed by atoms with Crippen LogP contribution in [0.5, 0.6) is 0 Å². The van der Waals surface area contributed by atoms with E-state index >= 15 is 0 Å². The van der Waals surface area contributed by atoms with Crippen molar-refractivity contribution in [3.63, 3.8) is 0 Å². The molecule has 0 aromatic carbocycles. The standard InChI is InChI=1S/C9H14BrN3/c1-7(3-11)13-5-8-2-9(10)6-12-4-8/h2,4,6-7,13H,3,5,11H2,1H3/t7-/m1/s1. The van der Waals surface area contributed by atoms with E-state index in [-0.39, 0.29) is 0 Å². The molecule has 0 spiro atoms. The number of aromatic nitrogens is 1. The molecule has 4 heteroatoms. The van der Waals surface area contributed by atoms with Crippen molar-refractivity contribution in [2.24, 2.45) is 5.73 Å². The van der Waals surface area contributed by atoms with Gasteiger partial charge in [0, 0.05) is 36.0 Å². The Balaban J connectivity index is 2.45. The number of nitrogens with two attached hydrogens (primary N) is 1. The molecule has 0 saturated heterocycles. The molecule has 3 N–H and O–H groups in total. The molecular formula is C9H14BrN3. The van der Waals surface area contributed by atoms with E-state index in [2.05, 4.69) is 33.2 Å². The molecular weight excluding hydrogens is 230 g/mol. The Hall–Kier alpha value is -0.450. The van der Waals surface area contributed by atoms with Crippen LogP contribution in [0, 0.1) is 0 Å². The summed E-state index contributed by atoms with van der Waals surface area (Å²) in [4.78, 5) is 4.07. The van der Waals surface area contributed by atoms with E-state index in [9.17, 15) is 0 Å². The zero-order chi connectivity index (χ0) is 9.68. The van der Waals surface area contributed by atoms with Crippen molar-refractivity contribution in [3.8, 4) is 0 Å². The van der Waals surface area contributed by atoms with Gasteiger partial charge in [0.2, 0.25) is 0 Å². The molecule has 72 valence electrons. The summed E-state index contributed by atoms with van der Waals surface area (Å²) >= 11 is 3.37. The lowest BCUT2D eigenvalue weighted by Crippen LogP contribution is -2.32. The molecule has 0 bridgehead atoms. The zero-order valence-electron chi connectivity index (χ0n) is 7.63. The summed E-state index contributed by atoms with van der Waals surface area (Å²) in [7, 11) is 0. The van der Waals surface area contributed by atoms with Crippen LogP contribution in [0.1, 0.15) is 12.5 Å². The molecule has 0 aliphatic rings. The van der Waals surface area contributed by atoms with E-state index in [1.807, 2.05) is 12.3 Å². The monoisotopic (exact) mass is 243 g/mol. The van der Waals surface area contributed by atoms with Crippen LogP contribution in [0.4, 0.5) is 0 Å². The maximum atomic E-state index is 5.48. The Labute approximate surface area is 86.9 Å². The normalized spacial score (nSPS) is 12.8. The molecule has 3 nitrogen and oxygen atoms in total. The van der Waals surface area contributed by atoms with Crippen LogP contribution >= 0.6 is 15.9 Å². The first-order valence-electron chi connectivity index (χ1n) is 4.25. The van der Waals surface area contributed by atoms with Crippen LogP contribution in [0.3, 0.4) is 0 Å². The summed E-state index contributed by atoms with van der Waals surface area (Å²) in [6.07, 6.45) is 3.62. The topological polar surface area (TPSA) is 50.9 Å². The molecule has 1 rings (SSSR count). The maximum absolute atomic E-state index is 5.48. The number of rotatable bonds is 4. The number of nitrogens with one attached hydrogen (secondary N) is 1. The molecule has 0 saturated carbocycles. The molecule has 0 aliphatic heterocycles. The van der Waals surface area contributed by atoms with Crippen molar-refractivity contribution in [1.29, 1.82) is 0 Å². The zero-order valence-corrected chi connectivity index (χ0v) is 9.21. The third-order valence-electron chi connectivity index (χ3n) is 1.77. The predicted octanol–water partition coefficient (Wildman–Crippen LogP) is 1.28. The predicted molar refractivity (Wildman–Crippen MR) is 57.3 cm³/mol. The second-order valence-corrected chi connectivity index (χ2v) is 3.94. The molecule has 0 aliphatic carbocycles. The maximum Gasteiger partial charge on any atom is 0.0410 e. The Morgan fingerprint density at radius 3 is 3.00 bits per heavy atom. The molecule has 1 heterocycles. The van der Waals surface area contributed by atoms with E-state index < -0.39 is 0 Å². The molecule has 0 radical (unpaired) electrons. The van der Waals surface area contributed by atoms with Gasteiger partial charge >= 0.3 is 0 Å². The van der Waals surface area contributed by atoms with Crippen LogP contribution in [0.25, 0.3) is 0 Å². The van der Waals surface area contributed by atoms with Crippen molar-refractivity contribution in [3.05, 3.63) is 28.5 Å². The number of nitrogens with zero attached hydrogens (tertiary/aromatic N) is 1. The minimum Gasteiger partial charge on any atom is -0.329 e. The fourth-order valence-electron chi connectivity index (χ4n) is 0.928. The number of pyridine rings is 1. The highest BCUT2D eigenvalue weighted by atomic mass is 79.9. The SMILES string of the molecule is C[C@H](CN)NCc1cncc(Br)c1. The van der Waals surface area contributed by atoms with Gasteiger partial charge in [0.25, 0.3) is 0 Å². The molecule has 0 amide bonds. The highest BCUT2D eigenvalue weighted by Gasteiger charge is 1.98. The number of halogens is 1. The minimum atomic E-state index is 0.346. The van der Waals surface area contributed by atoms with E-state index in [1.54, 1.807) is 6.20 Å². The number of hydrogen-bond donors (Lipinski definition) is 2.